The zero-order valence-corrected chi connectivity index (χ0v) is 18.7. The van der Waals surface area contributed by atoms with Gasteiger partial charge in [-0.3, -0.25) is 14.9 Å². The second-order valence-electron chi connectivity index (χ2n) is 7.02. The average molecular weight is 439 g/mol. The van der Waals surface area contributed by atoms with Crippen LogP contribution in [0.4, 0.5) is 10.8 Å². The summed E-state index contributed by atoms with van der Waals surface area (Å²) < 4.78 is 5.37. The second-order valence-corrected chi connectivity index (χ2v) is 8.09. The first-order valence-electron chi connectivity index (χ1n) is 10.2. The minimum atomic E-state index is -0.280. The quantitative estimate of drug-likeness (QED) is 0.502. The number of hydrogen-bond acceptors (Lipinski definition) is 6. The molecule has 2 amide bonds. The van der Waals surface area contributed by atoms with Gasteiger partial charge in [0.2, 0.25) is 11.0 Å². The third-order valence-electron chi connectivity index (χ3n) is 4.99. The zero-order valence-electron chi connectivity index (χ0n) is 17.8. The number of ether oxygens (including phenoxy) is 1. The summed E-state index contributed by atoms with van der Waals surface area (Å²) in [5.41, 5.74) is 2.15. The molecule has 1 aromatic heterocycles. The van der Waals surface area contributed by atoms with Crippen LogP contribution in [0.1, 0.15) is 47.6 Å². The number of amides is 2. The maximum Gasteiger partial charge on any atom is 0.257 e. The molecular weight excluding hydrogens is 412 g/mol. The van der Waals surface area contributed by atoms with Gasteiger partial charge in [-0.05, 0) is 43.2 Å². The van der Waals surface area contributed by atoms with E-state index in [0.717, 1.165) is 29.2 Å². The Labute approximate surface area is 185 Å². The number of aromatic nitrogens is 2. The molecule has 31 heavy (non-hydrogen) atoms. The highest BCUT2D eigenvalue weighted by molar-refractivity contribution is 7.15. The third kappa shape index (κ3) is 5.88. The molecule has 0 bridgehead atoms. The molecule has 0 spiro atoms. The van der Waals surface area contributed by atoms with Crippen molar-refractivity contribution in [1.29, 1.82) is 0 Å². The molecule has 7 nitrogen and oxygen atoms in total. The largest absolute Gasteiger partial charge is 0.496 e. The van der Waals surface area contributed by atoms with Crippen molar-refractivity contribution in [2.24, 2.45) is 5.92 Å². The Bertz CT molecular complexity index is 1030. The Morgan fingerprint density at radius 1 is 1.00 bits per heavy atom. The van der Waals surface area contributed by atoms with Gasteiger partial charge >= 0.3 is 0 Å². The predicted octanol–water partition coefficient (Wildman–Crippen LogP) is 4.76. The van der Waals surface area contributed by atoms with Gasteiger partial charge in [0, 0.05) is 29.2 Å². The molecule has 1 heterocycles. The van der Waals surface area contributed by atoms with Crippen LogP contribution in [0.3, 0.4) is 0 Å². The van der Waals surface area contributed by atoms with Gasteiger partial charge in [0.15, 0.2) is 0 Å². The zero-order chi connectivity index (χ0) is 22.2. The molecule has 0 aliphatic rings. The summed E-state index contributed by atoms with van der Waals surface area (Å²) in [6.45, 7) is 3.99. The van der Waals surface area contributed by atoms with Gasteiger partial charge in [-0.1, -0.05) is 43.4 Å². The maximum atomic E-state index is 12.5. The van der Waals surface area contributed by atoms with E-state index in [9.17, 15) is 9.59 Å². The lowest BCUT2D eigenvalue weighted by Gasteiger charge is -2.12. The van der Waals surface area contributed by atoms with E-state index in [1.165, 1.54) is 11.3 Å². The third-order valence-corrected chi connectivity index (χ3v) is 5.83. The van der Waals surface area contributed by atoms with Crippen molar-refractivity contribution in [3.8, 4) is 5.75 Å². The van der Waals surface area contributed by atoms with Crippen LogP contribution in [0.5, 0.6) is 5.75 Å². The van der Waals surface area contributed by atoms with Crippen LogP contribution in [0.25, 0.3) is 0 Å². The summed E-state index contributed by atoms with van der Waals surface area (Å²) in [6.07, 6.45) is 2.16. The Kier molecular flexibility index (Phi) is 7.72. The van der Waals surface area contributed by atoms with E-state index in [1.54, 1.807) is 31.4 Å². The molecule has 0 aliphatic heterocycles. The number of rotatable bonds is 9. The lowest BCUT2D eigenvalue weighted by molar-refractivity contribution is -0.120. The number of nitrogens with one attached hydrogen (secondary N) is 2. The summed E-state index contributed by atoms with van der Waals surface area (Å²) >= 11 is 1.32. The lowest BCUT2D eigenvalue weighted by atomic mass is 10.0. The first-order valence-corrected chi connectivity index (χ1v) is 11.0. The molecule has 2 aromatic carbocycles. The van der Waals surface area contributed by atoms with Gasteiger partial charge in [0.05, 0.1) is 7.11 Å². The van der Waals surface area contributed by atoms with Crippen molar-refractivity contribution in [3.05, 3.63) is 64.7 Å². The number of carbonyl (C=O) groups is 2. The fourth-order valence-electron chi connectivity index (χ4n) is 3.17. The lowest BCUT2D eigenvalue weighted by Crippen LogP contribution is -2.21. The summed E-state index contributed by atoms with van der Waals surface area (Å²) in [5, 5.41) is 15.1. The second kappa shape index (κ2) is 10.7. The van der Waals surface area contributed by atoms with Crippen molar-refractivity contribution in [3.63, 3.8) is 0 Å². The van der Waals surface area contributed by atoms with Crippen molar-refractivity contribution in [2.45, 2.75) is 33.1 Å². The smallest absolute Gasteiger partial charge is 0.257 e. The topological polar surface area (TPSA) is 93.2 Å². The van der Waals surface area contributed by atoms with Crippen LogP contribution in [0.2, 0.25) is 0 Å². The molecule has 3 rings (SSSR count). The standard InChI is InChI=1S/C23H26N4O3S/c1-4-15(5-2)21(28)24-18-12-10-16(11-13-18)22(29)25-23-27-26-20(31-23)14-17-8-6-7-9-19(17)30-3/h6-13,15H,4-5,14H2,1-3H3,(H,24,28)(H,25,27,29). The van der Waals surface area contributed by atoms with Gasteiger partial charge in [0.25, 0.3) is 5.91 Å². The summed E-state index contributed by atoms with van der Waals surface area (Å²) in [4.78, 5) is 24.7. The minimum absolute atomic E-state index is 0.00126. The Morgan fingerprint density at radius 3 is 2.39 bits per heavy atom. The molecule has 0 aliphatic carbocycles. The number of nitrogens with zero attached hydrogens (tertiary/aromatic N) is 2. The number of carbonyl (C=O) groups excluding carboxylic acids is 2. The first kappa shape index (κ1) is 22.4. The highest BCUT2D eigenvalue weighted by Crippen LogP contribution is 2.24. The van der Waals surface area contributed by atoms with Crippen LogP contribution in [0, 0.1) is 5.92 Å². The van der Waals surface area contributed by atoms with E-state index in [1.807, 2.05) is 38.1 Å². The molecule has 0 fully saturated rings. The van der Waals surface area contributed by atoms with Crippen LogP contribution < -0.4 is 15.4 Å². The molecule has 2 N–H and O–H groups in total. The van der Waals surface area contributed by atoms with E-state index in [0.29, 0.717) is 22.8 Å². The van der Waals surface area contributed by atoms with Crippen molar-refractivity contribution in [2.75, 3.05) is 17.7 Å². The highest BCUT2D eigenvalue weighted by Gasteiger charge is 2.15. The molecule has 0 saturated heterocycles. The number of anilines is 2. The Morgan fingerprint density at radius 2 is 1.71 bits per heavy atom. The summed E-state index contributed by atoms with van der Waals surface area (Å²) in [5.74, 6) is 0.501. The van der Waals surface area contributed by atoms with E-state index >= 15 is 0 Å². The predicted molar refractivity (Wildman–Crippen MR) is 123 cm³/mol. The van der Waals surface area contributed by atoms with E-state index < -0.39 is 0 Å². The van der Waals surface area contributed by atoms with Crippen LogP contribution in [-0.2, 0) is 11.2 Å². The van der Waals surface area contributed by atoms with Gasteiger partial charge in [0.1, 0.15) is 10.8 Å². The van der Waals surface area contributed by atoms with E-state index in [-0.39, 0.29) is 17.7 Å². The average Bonchev–Trinajstić information content (AvgIpc) is 3.22. The molecule has 3 aromatic rings. The monoisotopic (exact) mass is 438 g/mol. The van der Waals surface area contributed by atoms with Gasteiger partial charge in [-0.15, -0.1) is 10.2 Å². The van der Waals surface area contributed by atoms with Crippen molar-refractivity contribution < 1.29 is 14.3 Å². The van der Waals surface area contributed by atoms with E-state index in [2.05, 4.69) is 20.8 Å². The number of methoxy groups -OCH3 is 1. The molecule has 0 saturated carbocycles. The Balaban J connectivity index is 1.60. The van der Waals surface area contributed by atoms with Crippen LogP contribution in [0.15, 0.2) is 48.5 Å². The number of hydrogen-bond donors (Lipinski definition) is 2. The normalized spacial score (nSPS) is 10.7. The van der Waals surface area contributed by atoms with Crippen molar-refractivity contribution in [1.82, 2.24) is 10.2 Å². The fourth-order valence-corrected chi connectivity index (χ4v) is 3.92. The number of benzene rings is 2. The van der Waals surface area contributed by atoms with Gasteiger partial charge in [-0.2, -0.15) is 0 Å². The molecule has 0 atom stereocenters. The van der Waals surface area contributed by atoms with E-state index in [4.69, 9.17) is 4.74 Å². The maximum absolute atomic E-state index is 12.5. The fraction of sp³-hybridized carbons (Fsp3) is 0.304. The molecule has 0 unspecified atom stereocenters. The highest BCUT2D eigenvalue weighted by atomic mass is 32.1. The van der Waals surface area contributed by atoms with Gasteiger partial charge < -0.3 is 10.1 Å². The van der Waals surface area contributed by atoms with Crippen LogP contribution >= 0.6 is 11.3 Å². The summed E-state index contributed by atoms with van der Waals surface area (Å²) in [7, 11) is 1.63. The number of para-hydroxylation sites is 1. The molecule has 8 heteroatoms. The SMILES string of the molecule is CCC(CC)C(=O)Nc1ccc(C(=O)Nc2nnc(Cc3ccccc3OC)s2)cc1. The minimum Gasteiger partial charge on any atom is -0.496 e. The van der Waals surface area contributed by atoms with Gasteiger partial charge in [-0.25, -0.2) is 0 Å². The van der Waals surface area contributed by atoms with Crippen molar-refractivity contribution >= 4 is 34.0 Å². The molecule has 162 valence electrons. The molecular formula is C23H26N4O3S. The summed E-state index contributed by atoms with van der Waals surface area (Å²) in [6, 6.07) is 14.5. The van der Waals surface area contributed by atoms with Crippen LogP contribution in [-0.4, -0.2) is 29.1 Å². The Hall–Kier alpha value is -3.26. The first-order chi connectivity index (χ1) is 15.0. The molecule has 0 radical (unpaired) electrons.